The summed E-state index contributed by atoms with van der Waals surface area (Å²) in [6.07, 6.45) is -2.70. The normalized spacial score (nSPS) is 22.4. The highest BCUT2D eigenvalue weighted by atomic mass is 19.3. The third kappa shape index (κ3) is 4.76. The second kappa shape index (κ2) is 5.82. The number of carbonyl (C=O) groups excluding carboxylic acids is 1. The summed E-state index contributed by atoms with van der Waals surface area (Å²) in [5.74, 6) is 0. The van der Waals surface area contributed by atoms with E-state index in [-0.39, 0.29) is 18.7 Å². The largest absolute Gasteiger partial charge is 0.444 e. The minimum Gasteiger partial charge on any atom is -0.444 e. The van der Waals surface area contributed by atoms with E-state index in [1.807, 2.05) is 27.7 Å². The van der Waals surface area contributed by atoms with Crippen molar-refractivity contribution >= 4 is 6.09 Å². The van der Waals surface area contributed by atoms with Crippen molar-refractivity contribution in [1.82, 2.24) is 9.80 Å². The molecule has 1 aliphatic rings. The van der Waals surface area contributed by atoms with Crippen molar-refractivity contribution < 1.29 is 18.3 Å². The lowest BCUT2D eigenvalue weighted by Gasteiger charge is -2.40. The average Bonchev–Trinajstić information content (AvgIpc) is 2.13. The summed E-state index contributed by atoms with van der Waals surface area (Å²) in [6.45, 7) is 8.40. The molecule has 4 nitrogen and oxygen atoms in total. The fourth-order valence-electron chi connectivity index (χ4n) is 1.99. The molecular formula is C12H22F2N2O2. The van der Waals surface area contributed by atoms with E-state index in [1.54, 1.807) is 9.80 Å². The van der Waals surface area contributed by atoms with Crippen LogP contribution in [0.15, 0.2) is 0 Å². The molecule has 1 fully saturated rings. The second-order valence-corrected chi connectivity index (χ2v) is 5.67. The molecule has 0 spiro atoms. The van der Waals surface area contributed by atoms with Crippen molar-refractivity contribution in [2.45, 2.75) is 45.8 Å². The molecule has 0 aromatic heterocycles. The fourth-order valence-corrected chi connectivity index (χ4v) is 1.99. The summed E-state index contributed by atoms with van der Waals surface area (Å²) in [4.78, 5) is 15.2. The van der Waals surface area contributed by atoms with E-state index >= 15 is 0 Å². The standard InChI is InChI=1S/C12H22F2N2O2/c1-9-7-15(8-10(13)14)5-6-16(9)11(17)18-12(2,3)4/h9-10H,5-8H2,1-4H3. The zero-order chi connectivity index (χ0) is 13.9. The molecule has 1 rings (SSSR count). The second-order valence-electron chi connectivity index (χ2n) is 5.67. The van der Waals surface area contributed by atoms with Gasteiger partial charge in [-0.05, 0) is 27.7 Å². The Morgan fingerprint density at radius 1 is 1.39 bits per heavy atom. The first kappa shape index (κ1) is 15.1. The Hall–Kier alpha value is -0.910. The Morgan fingerprint density at radius 2 is 2.00 bits per heavy atom. The van der Waals surface area contributed by atoms with Gasteiger partial charge in [0, 0.05) is 25.7 Å². The number of nitrogens with zero attached hydrogens (tertiary/aromatic N) is 2. The SMILES string of the molecule is CC1CN(CC(F)F)CCN1C(=O)OC(C)(C)C. The molecule has 0 aliphatic carbocycles. The molecule has 0 aromatic carbocycles. The van der Waals surface area contributed by atoms with Gasteiger partial charge in [-0.25, -0.2) is 13.6 Å². The molecule has 18 heavy (non-hydrogen) atoms. The number of hydrogen-bond acceptors (Lipinski definition) is 3. The van der Waals surface area contributed by atoms with E-state index in [0.29, 0.717) is 19.6 Å². The number of halogens is 2. The van der Waals surface area contributed by atoms with Gasteiger partial charge in [0.1, 0.15) is 5.60 Å². The highest BCUT2D eigenvalue weighted by Gasteiger charge is 2.31. The minimum absolute atomic E-state index is 0.104. The predicted octanol–water partition coefficient (Wildman–Crippen LogP) is 2.19. The molecule has 0 aromatic rings. The lowest BCUT2D eigenvalue weighted by atomic mass is 10.2. The summed E-state index contributed by atoms with van der Waals surface area (Å²) in [6, 6.07) is -0.104. The van der Waals surface area contributed by atoms with Crippen LogP contribution in [0.1, 0.15) is 27.7 Å². The van der Waals surface area contributed by atoms with Crippen LogP contribution in [0.3, 0.4) is 0 Å². The quantitative estimate of drug-likeness (QED) is 0.766. The Morgan fingerprint density at radius 3 is 2.44 bits per heavy atom. The van der Waals surface area contributed by atoms with Gasteiger partial charge < -0.3 is 9.64 Å². The van der Waals surface area contributed by atoms with Crippen molar-refractivity contribution in [3.05, 3.63) is 0 Å². The molecule has 1 unspecified atom stereocenters. The summed E-state index contributed by atoms with van der Waals surface area (Å²) in [5.41, 5.74) is -0.531. The summed E-state index contributed by atoms with van der Waals surface area (Å²) < 4.78 is 29.8. The van der Waals surface area contributed by atoms with Crippen molar-refractivity contribution in [3.8, 4) is 0 Å². The number of hydrogen-bond donors (Lipinski definition) is 0. The predicted molar refractivity (Wildman–Crippen MR) is 64.8 cm³/mol. The average molecular weight is 264 g/mol. The molecule has 1 atom stereocenters. The maximum absolute atomic E-state index is 12.3. The van der Waals surface area contributed by atoms with Gasteiger partial charge in [-0.2, -0.15) is 0 Å². The zero-order valence-electron chi connectivity index (χ0n) is 11.4. The van der Waals surface area contributed by atoms with Gasteiger partial charge in [0.2, 0.25) is 0 Å². The third-order valence-electron chi connectivity index (χ3n) is 2.74. The van der Waals surface area contributed by atoms with E-state index in [4.69, 9.17) is 4.74 Å². The molecule has 1 heterocycles. The molecule has 0 radical (unpaired) electrons. The summed E-state index contributed by atoms with van der Waals surface area (Å²) in [7, 11) is 0. The van der Waals surface area contributed by atoms with Crippen molar-refractivity contribution in [1.29, 1.82) is 0 Å². The van der Waals surface area contributed by atoms with Gasteiger partial charge in [-0.3, -0.25) is 4.90 Å². The van der Waals surface area contributed by atoms with Crippen molar-refractivity contribution in [3.63, 3.8) is 0 Å². The van der Waals surface area contributed by atoms with E-state index in [0.717, 1.165) is 0 Å². The number of piperazine rings is 1. The van der Waals surface area contributed by atoms with Crippen LogP contribution in [0.2, 0.25) is 0 Å². The number of alkyl halides is 2. The first-order valence-corrected chi connectivity index (χ1v) is 6.19. The fraction of sp³-hybridized carbons (Fsp3) is 0.917. The molecular weight excluding hydrogens is 242 g/mol. The molecule has 0 bridgehead atoms. The summed E-state index contributed by atoms with van der Waals surface area (Å²) in [5, 5.41) is 0. The summed E-state index contributed by atoms with van der Waals surface area (Å²) >= 11 is 0. The van der Waals surface area contributed by atoms with E-state index in [9.17, 15) is 13.6 Å². The molecule has 0 N–H and O–H groups in total. The van der Waals surface area contributed by atoms with Gasteiger partial charge in [-0.1, -0.05) is 0 Å². The maximum Gasteiger partial charge on any atom is 0.410 e. The van der Waals surface area contributed by atoms with Crippen LogP contribution in [0.4, 0.5) is 13.6 Å². The lowest BCUT2D eigenvalue weighted by Crippen LogP contribution is -2.55. The zero-order valence-corrected chi connectivity index (χ0v) is 11.4. The van der Waals surface area contributed by atoms with Crippen LogP contribution < -0.4 is 0 Å². The van der Waals surface area contributed by atoms with Crippen LogP contribution in [0, 0.1) is 0 Å². The van der Waals surface area contributed by atoms with Gasteiger partial charge >= 0.3 is 6.09 Å². The van der Waals surface area contributed by atoms with Crippen LogP contribution >= 0.6 is 0 Å². The topological polar surface area (TPSA) is 32.8 Å². The Labute approximate surface area is 107 Å². The highest BCUT2D eigenvalue weighted by molar-refractivity contribution is 5.68. The van der Waals surface area contributed by atoms with Gasteiger partial charge in [0.15, 0.2) is 0 Å². The Balaban J connectivity index is 2.49. The minimum atomic E-state index is -2.33. The number of carbonyl (C=O) groups is 1. The van der Waals surface area contributed by atoms with E-state index in [1.165, 1.54) is 0 Å². The lowest BCUT2D eigenvalue weighted by molar-refractivity contribution is -0.00655. The first-order chi connectivity index (χ1) is 8.19. The molecule has 0 saturated carbocycles. The number of ether oxygens (including phenoxy) is 1. The number of amides is 1. The van der Waals surface area contributed by atoms with Crippen molar-refractivity contribution in [2.75, 3.05) is 26.2 Å². The van der Waals surface area contributed by atoms with E-state index < -0.39 is 12.0 Å². The van der Waals surface area contributed by atoms with Crippen molar-refractivity contribution in [2.24, 2.45) is 0 Å². The smallest absolute Gasteiger partial charge is 0.410 e. The number of rotatable bonds is 2. The maximum atomic E-state index is 12.3. The van der Waals surface area contributed by atoms with E-state index in [2.05, 4.69) is 0 Å². The molecule has 1 saturated heterocycles. The van der Waals surface area contributed by atoms with Gasteiger partial charge in [0.05, 0.1) is 6.54 Å². The Kier molecular flexibility index (Phi) is 4.90. The third-order valence-corrected chi connectivity index (χ3v) is 2.74. The first-order valence-electron chi connectivity index (χ1n) is 6.19. The van der Waals surface area contributed by atoms with Gasteiger partial charge in [-0.15, -0.1) is 0 Å². The van der Waals surface area contributed by atoms with Crippen LogP contribution in [0.5, 0.6) is 0 Å². The molecule has 6 heteroatoms. The van der Waals surface area contributed by atoms with Gasteiger partial charge in [0.25, 0.3) is 6.43 Å². The molecule has 106 valence electrons. The monoisotopic (exact) mass is 264 g/mol. The molecule has 1 amide bonds. The van der Waals surface area contributed by atoms with Crippen LogP contribution in [-0.2, 0) is 4.74 Å². The van der Waals surface area contributed by atoms with Crippen LogP contribution in [-0.4, -0.2) is 60.1 Å². The Bertz CT molecular complexity index is 292. The van der Waals surface area contributed by atoms with Crippen LogP contribution in [0.25, 0.3) is 0 Å². The molecule has 1 aliphatic heterocycles. The highest BCUT2D eigenvalue weighted by Crippen LogP contribution is 2.16.